The van der Waals surface area contributed by atoms with Crippen molar-refractivity contribution in [3.8, 4) is 11.5 Å². The molecule has 0 aliphatic rings. The molecule has 2 rings (SSSR count). The van der Waals surface area contributed by atoms with Crippen LogP contribution in [0.5, 0.6) is 11.5 Å². The Morgan fingerprint density at radius 3 is 2.32 bits per heavy atom. The Morgan fingerprint density at radius 2 is 1.68 bits per heavy atom. The fourth-order valence-electron chi connectivity index (χ4n) is 2.19. The molecule has 0 radical (unpaired) electrons. The van der Waals surface area contributed by atoms with Gasteiger partial charge in [0.15, 0.2) is 6.61 Å². The fraction of sp³-hybridized carbons (Fsp3) is 0.263. The quantitative estimate of drug-likeness (QED) is 0.719. The molecule has 0 fully saturated rings. The molecule has 6 nitrogen and oxygen atoms in total. The molecule has 0 unspecified atom stereocenters. The summed E-state index contributed by atoms with van der Waals surface area (Å²) in [6, 6.07) is 13.0. The van der Waals surface area contributed by atoms with Gasteiger partial charge in [0.2, 0.25) is 5.91 Å². The molecule has 28 heavy (non-hydrogen) atoms. The molecule has 2 amide bonds. The van der Waals surface area contributed by atoms with Gasteiger partial charge in [-0.25, -0.2) is 0 Å². The molecule has 0 heterocycles. The van der Waals surface area contributed by atoms with Crippen LogP contribution in [-0.4, -0.2) is 38.3 Å². The van der Waals surface area contributed by atoms with Crippen molar-refractivity contribution < 1.29 is 32.2 Å². The summed E-state index contributed by atoms with van der Waals surface area (Å²) in [4.78, 5) is 23.4. The molecule has 0 aliphatic carbocycles. The third kappa shape index (κ3) is 7.56. The Kier molecular flexibility index (Phi) is 7.25. The highest BCUT2D eigenvalue weighted by molar-refractivity contribution is 5.92. The van der Waals surface area contributed by atoms with Crippen molar-refractivity contribution >= 4 is 17.5 Å². The molecule has 0 aliphatic heterocycles. The third-order valence-electron chi connectivity index (χ3n) is 3.50. The van der Waals surface area contributed by atoms with E-state index in [2.05, 4.69) is 5.32 Å². The van der Waals surface area contributed by atoms with Gasteiger partial charge in [-0.05, 0) is 29.8 Å². The summed E-state index contributed by atoms with van der Waals surface area (Å²) in [7, 11) is 1.52. The minimum absolute atomic E-state index is 0.191. The molecule has 2 aromatic carbocycles. The molecule has 150 valence electrons. The van der Waals surface area contributed by atoms with Crippen molar-refractivity contribution in [2.24, 2.45) is 0 Å². The van der Waals surface area contributed by atoms with Crippen LogP contribution >= 0.6 is 0 Å². The molecular weight excluding hydrogens is 377 g/mol. The number of nitrogens with one attached hydrogen (secondary N) is 2. The Bertz CT molecular complexity index is 808. The summed E-state index contributed by atoms with van der Waals surface area (Å²) in [5.74, 6) is -0.0400. The number of halogens is 3. The molecule has 0 saturated carbocycles. The lowest BCUT2D eigenvalue weighted by atomic mass is 10.1. The van der Waals surface area contributed by atoms with Crippen LogP contribution < -0.4 is 20.1 Å². The maximum Gasteiger partial charge on any atom is 0.405 e. The first-order valence-corrected chi connectivity index (χ1v) is 8.24. The Labute approximate surface area is 159 Å². The van der Waals surface area contributed by atoms with E-state index in [1.807, 2.05) is 0 Å². The molecule has 0 spiro atoms. The van der Waals surface area contributed by atoms with E-state index in [4.69, 9.17) is 9.47 Å². The van der Waals surface area contributed by atoms with Gasteiger partial charge in [0.25, 0.3) is 5.91 Å². The highest BCUT2D eigenvalue weighted by atomic mass is 19.4. The van der Waals surface area contributed by atoms with Crippen LogP contribution in [0.25, 0.3) is 0 Å². The SMILES string of the molecule is COc1cccc(OCC(=O)Nc2ccc(CC(=O)NCC(F)(F)F)cc2)c1. The van der Waals surface area contributed by atoms with Gasteiger partial charge in [0.1, 0.15) is 18.0 Å². The van der Waals surface area contributed by atoms with Crippen LogP contribution in [-0.2, 0) is 16.0 Å². The van der Waals surface area contributed by atoms with Gasteiger partial charge in [-0.15, -0.1) is 0 Å². The van der Waals surface area contributed by atoms with Crippen molar-refractivity contribution in [3.63, 3.8) is 0 Å². The van der Waals surface area contributed by atoms with Crippen molar-refractivity contribution in [1.29, 1.82) is 0 Å². The number of alkyl halides is 3. The number of anilines is 1. The zero-order chi connectivity index (χ0) is 20.6. The minimum atomic E-state index is -4.45. The maximum atomic E-state index is 12.1. The zero-order valence-electron chi connectivity index (χ0n) is 15.0. The number of carbonyl (C=O) groups excluding carboxylic acids is 2. The van der Waals surface area contributed by atoms with Gasteiger partial charge in [0, 0.05) is 11.8 Å². The first-order chi connectivity index (χ1) is 13.2. The minimum Gasteiger partial charge on any atom is -0.497 e. The van der Waals surface area contributed by atoms with E-state index in [1.165, 1.54) is 7.11 Å². The smallest absolute Gasteiger partial charge is 0.405 e. The lowest BCUT2D eigenvalue weighted by molar-refractivity contribution is -0.138. The lowest BCUT2D eigenvalue weighted by Gasteiger charge is -2.10. The number of methoxy groups -OCH3 is 1. The number of hydrogen-bond acceptors (Lipinski definition) is 4. The van der Waals surface area contributed by atoms with E-state index in [0.717, 1.165) is 0 Å². The van der Waals surface area contributed by atoms with Crippen molar-refractivity contribution in [2.75, 3.05) is 25.6 Å². The molecular formula is C19H19F3N2O4. The average molecular weight is 396 g/mol. The van der Waals surface area contributed by atoms with E-state index < -0.39 is 24.5 Å². The summed E-state index contributed by atoms with van der Waals surface area (Å²) < 4.78 is 46.6. The van der Waals surface area contributed by atoms with Crippen molar-refractivity contribution in [3.05, 3.63) is 54.1 Å². The van der Waals surface area contributed by atoms with Crippen LogP contribution in [0, 0.1) is 0 Å². The van der Waals surface area contributed by atoms with Crippen LogP contribution in [0.1, 0.15) is 5.56 Å². The molecule has 0 saturated heterocycles. The molecule has 9 heteroatoms. The highest BCUT2D eigenvalue weighted by Gasteiger charge is 2.27. The summed E-state index contributed by atoms with van der Waals surface area (Å²) in [5, 5.41) is 4.42. The number of benzene rings is 2. The Balaban J connectivity index is 1.79. The van der Waals surface area contributed by atoms with E-state index in [1.54, 1.807) is 53.8 Å². The number of carbonyl (C=O) groups is 2. The monoisotopic (exact) mass is 396 g/mol. The van der Waals surface area contributed by atoms with E-state index in [9.17, 15) is 22.8 Å². The summed E-state index contributed by atoms with van der Waals surface area (Å²) in [6.45, 7) is -1.58. The summed E-state index contributed by atoms with van der Waals surface area (Å²) in [5.41, 5.74) is 0.990. The van der Waals surface area contributed by atoms with Crippen molar-refractivity contribution in [1.82, 2.24) is 5.32 Å². The molecule has 0 aromatic heterocycles. The Hall–Kier alpha value is -3.23. The van der Waals surface area contributed by atoms with Crippen LogP contribution in [0.4, 0.5) is 18.9 Å². The number of amides is 2. The van der Waals surface area contributed by atoms with E-state index in [-0.39, 0.29) is 13.0 Å². The normalized spacial score (nSPS) is 10.9. The molecule has 2 aromatic rings. The largest absolute Gasteiger partial charge is 0.497 e. The molecule has 0 bridgehead atoms. The van der Waals surface area contributed by atoms with Crippen LogP contribution in [0.3, 0.4) is 0 Å². The average Bonchev–Trinajstić information content (AvgIpc) is 2.66. The van der Waals surface area contributed by atoms with Crippen molar-refractivity contribution in [2.45, 2.75) is 12.6 Å². The highest BCUT2D eigenvalue weighted by Crippen LogP contribution is 2.19. The topological polar surface area (TPSA) is 76.7 Å². The van der Waals surface area contributed by atoms with Crippen LogP contribution in [0.15, 0.2) is 48.5 Å². The third-order valence-corrected chi connectivity index (χ3v) is 3.50. The second-order valence-electron chi connectivity index (χ2n) is 5.78. The lowest BCUT2D eigenvalue weighted by Crippen LogP contribution is -2.34. The predicted octanol–water partition coefficient (Wildman–Crippen LogP) is 2.93. The Morgan fingerprint density at radius 1 is 1.00 bits per heavy atom. The first kappa shape index (κ1) is 21.1. The number of ether oxygens (including phenoxy) is 2. The van der Waals surface area contributed by atoms with Gasteiger partial charge < -0.3 is 20.1 Å². The molecule has 0 atom stereocenters. The van der Waals surface area contributed by atoms with E-state index in [0.29, 0.717) is 22.7 Å². The van der Waals surface area contributed by atoms with Gasteiger partial charge in [-0.2, -0.15) is 13.2 Å². The summed E-state index contributed by atoms with van der Waals surface area (Å²) in [6.07, 6.45) is -4.64. The second kappa shape index (κ2) is 9.63. The van der Waals surface area contributed by atoms with E-state index >= 15 is 0 Å². The first-order valence-electron chi connectivity index (χ1n) is 8.24. The van der Waals surface area contributed by atoms with Gasteiger partial charge in [-0.1, -0.05) is 18.2 Å². The summed E-state index contributed by atoms with van der Waals surface area (Å²) >= 11 is 0. The fourth-order valence-corrected chi connectivity index (χ4v) is 2.19. The predicted molar refractivity (Wildman–Crippen MR) is 96.3 cm³/mol. The van der Waals surface area contributed by atoms with Gasteiger partial charge >= 0.3 is 6.18 Å². The number of hydrogen-bond donors (Lipinski definition) is 2. The maximum absolute atomic E-state index is 12.1. The van der Waals surface area contributed by atoms with Gasteiger partial charge in [0.05, 0.1) is 13.5 Å². The molecule has 2 N–H and O–H groups in total. The standard InChI is InChI=1S/C19H19F3N2O4/c1-27-15-3-2-4-16(10-15)28-11-18(26)24-14-7-5-13(6-8-14)9-17(25)23-12-19(20,21)22/h2-8,10H,9,11-12H2,1H3,(H,23,25)(H,24,26). The van der Waals surface area contributed by atoms with Crippen LogP contribution in [0.2, 0.25) is 0 Å². The number of rotatable bonds is 8. The second-order valence-corrected chi connectivity index (χ2v) is 5.78. The zero-order valence-corrected chi connectivity index (χ0v) is 15.0. The van der Waals surface area contributed by atoms with Gasteiger partial charge in [-0.3, -0.25) is 9.59 Å².